The molecule has 0 amide bonds. The summed E-state index contributed by atoms with van der Waals surface area (Å²) in [6.07, 6.45) is 1.57. The van der Waals surface area contributed by atoms with Crippen molar-refractivity contribution in [2.45, 2.75) is 0 Å². The van der Waals surface area contributed by atoms with E-state index >= 15 is 0 Å². The van der Waals surface area contributed by atoms with Crippen LogP contribution in [0.4, 0.5) is 0 Å². The van der Waals surface area contributed by atoms with Crippen molar-refractivity contribution in [1.29, 1.82) is 0 Å². The van der Waals surface area contributed by atoms with Crippen molar-refractivity contribution in [2.75, 3.05) is 6.54 Å². The standard InChI is InChI=1S/C12H7ClN4O/c13-10-7-8(3-1-6-16-17-14)12(18)11-9(10)4-2-5-15-11/h2,4-5,7,18H,6H2. The van der Waals surface area contributed by atoms with Gasteiger partial charge >= 0.3 is 0 Å². The lowest BCUT2D eigenvalue weighted by molar-refractivity contribution is 0.479. The smallest absolute Gasteiger partial charge is 0.157 e. The molecule has 0 atom stereocenters. The molecule has 18 heavy (non-hydrogen) atoms. The summed E-state index contributed by atoms with van der Waals surface area (Å²) in [4.78, 5) is 6.64. The number of benzene rings is 1. The van der Waals surface area contributed by atoms with Gasteiger partial charge < -0.3 is 5.11 Å². The van der Waals surface area contributed by atoms with Crippen molar-refractivity contribution in [3.63, 3.8) is 0 Å². The average molecular weight is 259 g/mol. The van der Waals surface area contributed by atoms with Gasteiger partial charge in [0.2, 0.25) is 0 Å². The molecular formula is C12H7ClN4O. The Kier molecular flexibility index (Phi) is 3.54. The highest BCUT2D eigenvalue weighted by atomic mass is 35.5. The number of aromatic nitrogens is 1. The molecule has 0 aliphatic rings. The molecule has 1 heterocycles. The number of fused-ring (bicyclic) bond motifs is 1. The number of nitrogens with zero attached hydrogens (tertiary/aromatic N) is 4. The van der Waals surface area contributed by atoms with E-state index in [0.29, 0.717) is 21.5 Å². The third-order valence-corrected chi connectivity index (χ3v) is 2.56. The SMILES string of the molecule is [N-]=[N+]=NCC#Cc1cc(Cl)c2cccnc2c1O. The molecule has 0 aliphatic carbocycles. The van der Waals surface area contributed by atoms with Gasteiger partial charge in [-0.3, -0.25) is 4.98 Å². The van der Waals surface area contributed by atoms with Crippen LogP contribution in [-0.2, 0) is 0 Å². The van der Waals surface area contributed by atoms with E-state index in [2.05, 4.69) is 26.9 Å². The predicted octanol–water partition coefficient (Wildman–Crippen LogP) is 3.26. The molecular weight excluding hydrogens is 252 g/mol. The highest BCUT2D eigenvalue weighted by Crippen LogP contribution is 2.32. The van der Waals surface area contributed by atoms with E-state index in [1.807, 2.05) is 0 Å². The van der Waals surface area contributed by atoms with Crippen molar-refractivity contribution < 1.29 is 5.11 Å². The molecule has 0 fully saturated rings. The van der Waals surface area contributed by atoms with Gasteiger partial charge in [0.15, 0.2) is 5.75 Å². The molecule has 1 aromatic heterocycles. The molecule has 6 heteroatoms. The van der Waals surface area contributed by atoms with Crippen LogP contribution < -0.4 is 0 Å². The second-order valence-corrected chi connectivity index (χ2v) is 3.75. The number of hydrogen-bond donors (Lipinski definition) is 1. The average Bonchev–Trinajstić information content (AvgIpc) is 2.40. The Morgan fingerprint density at radius 1 is 1.56 bits per heavy atom. The zero-order valence-corrected chi connectivity index (χ0v) is 9.89. The fourth-order valence-electron chi connectivity index (χ4n) is 1.48. The minimum atomic E-state index is -0.0246. The molecule has 88 valence electrons. The summed E-state index contributed by atoms with van der Waals surface area (Å²) in [6, 6.07) is 5.06. The maximum absolute atomic E-state index is 10.0. The lowest BCUT2D eigenvalue weighted by atomic mass is 10.1. The first-order valence-electron chi connectivity index (χ1n) is 5.00. The Bertz CT molecular complexity index is 711. The zero-order chi connectivity index (χ0) is 13.0. The molecule has 0 unspecified atom stereocenters. The number of phenols is 1. The summed E-state index contributed by atoms with van der Waals surface area (Å²) in [5, 5.41) is 14.4. The largest absolute Gasteiger partial charge is 0.504 e. The molecule has 0 bridgehead atoms. The maximum atomic E-state index is 10.0. The number of rotatable bonds is 1. The number of pyridine rings is 1. The van der Waals surface area contributed by atoms with E-state index in [1.165, 1.54) is 0 Å². The molecule has 1 aromatic carbocycles. The lowest BCUT2D eigenvalue weighted by Gasteiger charge is -2.04. The number of halogens is 1. The molecule has 0 radical (unpaired) electrons. The minimum Gasteiger partial charge on any atom is -0.504 e. The van der Waals surface area contributed by atoms with E-state index in [9.17, 15) is 5.11 Å². The Morgan fingerprint density at radius 3 is 3.17 bits per heavy atom. The van der Waals surface area contributed by atoms with Gasteiger partial charge in [-0.15, -0.1) is 0 Å². The highest BCUT2D eigenvalue weighted by molar-refractivity contribution is 6.35. The normalized spacial score (nSPS) is 9.39. The molecule has 1 N–H and O–H groups in total. The Balaban J connectivity index is 2.55. The van der Waals surface area contributed by atoms with Gasteiger partial charge in [-0.05, 0) is 23.7 Å². The zero-order valence-electron chi connectivity index (χ0n) is 9.13. The van der Waals surface area contributed by atoms with Crippen LogP contribution in [0.25, 0.3) is 21.3 Å². The van der Waals surface area contributed by atoms with E-state index in [0.717, 1.165) is 0 Å². The van der Waals surface area contributed by atoms with Gasteiger partial charge in [0, 0.05) is 16.5 Å². The van der Waals surface area contributed by atoms with Gasteiger partial charge in [0.25, 0.3) is 0 Å². The van der Waals surface area contributed by atoms with Crippen LogP contribution in [0, 0.1) is 11.8 Å². The van der Waals surface area contributed by atoms with Gasteiger partial charge in [-0.25, -0.2) is 0 Å². The lowest BCUT2D eigenvalue weighted by Crippen LogP contribution is -1.85. The van der Waals surface area contributed by atoms with Crippen LogP contribution in [-0.4, -0.2) is 16.6 Å². The molecule has 0 saturated carbocycles. The van der Waals surface area contributed by atoms with Crippen LogP contribution in [0.3, 0.4) is 0 Å². The second kappa shape index (κ2) is 5.28. The van der Waals surface area contributed by atoms with Crippen LogP contribution in [0.1, 0.15) is 5.56 Å². The molecule has 0 spiro atoms. The number of hydrogen-bond acceptors (Lipinski definition) is 3. The van der Waals surface area contributed by atoms with Crippen molar-refractivity contribution in [2.24, 2.45) is 5.11 Å². The van der Waals surface area contributed by atoms with Crippen LogP contribution >= 0.6 is 11.6 Å². The summed E-state index contributed by atoms with van der Waals surface area (Å²) >= 11 is 6.07. The maximum Gasteiger partial charge on any atom is 0.157 e. The van der Waals surface area contributed by atoms with Crippen molar-refractivity contribution >= 4 is 22.5 Å². The van der Waals surface area contributed by atoms with Crippen molar-refractivity contribution in [1.82, 2.24) is 4.98 Å². The summed E-state index contributed by atoms with van der Waals surface area (Å²) < 4.78 is 0. The quantitative estimate of drug-likeness (QED) is 0.369. The van der Waals surface area contributed by atoms with E-state index in [-0.39, 0.29) is 12.3 Å². The van der Waals surface area contributed by atoms with Gasteiger partial charge in [0.1, 0.15) is 5.52 Å². The molecule has 2 rings (SSSR count). The summed E-state index contributed by atoms with van der Waals surface area (Å²) in [5.74, 6) is 5.29. The monoisotopic (exact) mass is 258 g/mol. The van der Waals surface area contributed by atoms with Crippen molar-refractivity contribution in [3.05, 3.63) is 45.4 Å². The third-order valence-electron chi connectivity index (χ3n) is 2.25. The topological polar surface area (TPSA) is 81.9 Å². The van der Waals surface area contributed by atoms with E-state index in [4.69, 9.17) is 17.1 Å². The third kappa shape index (κ3) is 2.30. The van der Waals surface area contributed by atoms with Gasteiger partial charge in [-0.1, -0.05) is 28.6 Å². The highest BCUT2D eigenvalue weighted by Gasteiger charge is 2.09. The number of aromatic hydroxyl groups is 1. The predicted molar refractivity (Wildman–Crippen MR) is 69.3 cm³/mol. The van der Waals surface area contributed by atoms with Crippen LogP contribution in [0.5, 0.6) is 5.75 Å². The Morgan fingerprint density at radius 2 is 2.39 bits per heavy atom. The number of phenolic OH excluding ortho intramolecular Hbond substituents is 1. The molecule has 5 nitrogen and oxygen atoms in total. The van der Waals surface area contributed by atoms with Crippen LogP contribution in [0.15, 0.2) is 29.5 Å². The fourth-order valence-corrected chi connectivity index (χ4v) is 1.75. The summed E-state index contributed by atoms with van der Waals surface area (Å²) in [7, 11) is 0. The van der Waals surface area contributed by atoms with E-state index < -0.39 is 0 Å². The van der Waals surface area contributed by atoms with Gasteiger partial charge in [-0.2, -0.15) is 0 Å². The number of azide groups is 1. The fraction of sp³-hybridized carbons (Fsp3) is 0.0833. The first-order chi connectivity index (χ1) is 8.74. The first kappa shape index (κ1) is 12.1. The van der Waals surface area contributed by atoms with Crippen molar-refractivity contribution in [3.8, 4) is 17.6 Å². The minimum absolute atomic E-state index is 0.0246. The molecule has 0 aliphatic heterocycles. The van der Waals surface area contributed by atoms with Crippen LogP contribution in [0.2, 0.25) is 5.02 Å². The second-order valence-electron chi connectivity index (χ2n) is 3.34. The Hall–Kier alpha value is -2.41. The molecule has 2 aromatic rings. The summed E-state index contributed by atoms with van der Waals surface area (Å²) in [5.41, 5.74) is 8.88. The van der Waals surface area contributed by atoms with Gasteiger partial charge in [0.05, 0.1) is 17.1 Å². The first-order valence-corrected chi connectivity index (χ1v) is 5.37. The van der Waals surface area contributed by atoms with E-state index in [1.54, 1.807) is 24.4 Å². The molecule has 0 saturated heterocycles. The Labute approximate surface area is 108 Å². The summed E-state index contributed by atoms with van der Waals surface area (Å²) in [6.45, 7) is 0.0355.